The number of allylic oxidation sites excluding steroid dienone is 3. The molecule has 2 aromatic carbocycles. The molecule has 0 amide bonds. The third-order valence-corrected chi connectivity index (χ3v) is 5.05. The Balaban J connectivity index is 1.72. The summed E-state index contributed by atoms with van der Waals surface area (Å²) in [5.41, 5.74) is 5.77. The fraction of sp³-hybridized carbons (Fsp3) is 0.100. The van der Waals surface area contributed by atoms with E-state index in [0.717, 1.165) is 34.0 Å². The molecule has 0 radical (unpaired) electrons. The van der Waals surface area contributed by atoms with E-state index in [0.29, 0.717) is 0 Å². The molecule has 25 heavy (non-hydrogen) atoms. The summed E-state index contributed by atoms with van der Waals surface area (Å²) in [5.74, 6) is 1.72. The van der Waals surface area contributed by atoms with Crippen LogP contribution in [0.2, 0.25) is 0 Å². The Kier molecular flexibility index (Phi) is 4.15. The Bertz CT molecular complexity index is 868. The van der Waals surface area contributed by atoms with Gasteiger partial charge in [0.15, 0.2) is 0 Å². The Morgan fingerprint density at radius 1 is 0.760 bits per heavy atom. The highest BCUT2D eigenvalue weighted by Crippen LogP contribution is 2.42. The van der Waals surface area contributed by atoms with Gasteiger partial charge in [0.05, 0.1) is 37.7 Å². The zero-order valence-electron chi connectivity index (χ0n) is 14.0. The lowest BCUT2D eigenvalue weighted by molar-refractivity contribution is 0.414. The molecule has 0 fully saturated rings. The van der Waals surface area contributed by atoms with Crippen molar-refractivity contribution < 1.29 is 9.47 Å². The number of rotatable bonds is 4. The second-order valence-corrected chi connectivity index (χ2v) is 6.41. The van der Waals surface area contributed by atoms with Gasteiger partial charge in [-0.05, 0) is 53.6 Å². The third-order valence-electron chi connectivity index (χ3n) is 4.25. The van der Waals surface area contributed by atoms with E-state index >= 15 is 0 Å². The molecule has 0 bridgehead atoms. The fourth-order valence-corrected chi connectivity index (χ4v) is 3.70. The van der Waals surface area contributed by atoms with Gasteiger partial charge in [0.2, 0.25) is 0 Å². The molecule has 2 aliphatic rings. The van der Waals surface area contributed by atoms with Crippen LogP contribution in [0.4, 0.5) is 0 Å². The first-order valence-corrected chi connectivity index (χ1v) is 8.71. The smallest absolute Gasteiger partial charge is 0.118 e. The quantitative estimate of drug-likeness (QED) is 0.824. The van der Waals surface area contributed by atoms with E-state index in [1.165, 1.54) is 5.57 Å². The Labute approximate surface area is 151 Å². The van der Waals surface area contributed by atoms with Crippen molar-refractivity contribution in [1.29, 1.82) is 0 Å². The van der Waals surface area contributed by atoms with Crippen LogP contribution in [0.5, 0.6) is 11.5 Å². The van der Waals surface area contributed by atoms with Gasteiger partial charge in [0, 0.05) is 11.8 Å². The maximum atomic E-state index is 5.25. The predicted octanol–water partition coefficient (Wildman–Crippen LogP) is 4.45. The summed E-state index contributed by atoms with van der Waals surface area (Å²) in [4.78, 5) is 0. The lowest BCUT2D eigenvalue weighted by Crippen LogP contribution is -2.15. The Morgan fingerprint density at radius 3 is 1.96 bits per heavy atom. The molecule has 2 aliphatic heterocycles. The highest BCUT2D eigenvalue weighted by Gasteiger charge is 2.27. The van der Waals surface area contributed by atoms with E-state index in [2.05, 4.69) is 45.4 Å². The molecule has 1 N–H and O–H groups in total. The van der Waals surface area contributed by atoms with Crippen molar-refractivity contribution in [3.63, 3.8) is 0 Å². The Hall–Kier alpha value is -2.79. The van der Waals surface area contributed by atoms with Gasteiger partial charge in [-0.1, -0.05) is 18.2 Å². The summed E-state index contributed by atoms with van der Waals surface area (Å²) in [6.45, 7) is 0. The van der Waals surface area contributed by atoms with Crippen LogP contribution in [-0.2, 0) is 0 Å². The highest BCUT2D eigenvalue weighted by atomic mass is 32.2. The molecule has 0 saturated heterocycles. The van der Waals surface area contributed by atoms with Crippen molar-refractivity contribution in [2.75, 3.05) is 14.2 Å². The number of ether oxygens (including phenoxy) is 2. The van der Waals surface area contributed by atoms with E-state index in [1.807, 2.05) is 30.5 Å². The molecule has 4 rings (SSSR count). The summed E-state index contributed by atoms with van der Waals surface area (Å²) < 4.78 is 16.0. The molecule has 0 aromatic heterocycles. The molecular weight excluding hydrogens is 332 g/mol. The Morgan fingerprint density at radius 2 is 1.36 bits per heavy atom. The third kappa shape index (κ3) is 2.87. The van der Waals surface area contributed by atoms with Crippen molar-refractivity contribution in [2.24, 2.45) is 0 Å². The first-order chi connectivity index (χ1) is 12.3. The van der Waals surface area contributed by atoms with Crippen molar-refractivity contribution in [2.45, 2.75) is 0 Å². The molecule has 0 unspecified atom stereocenters. The molecule has 5 heteroatoms. The number of nitrogens with one attached hydrogen (secondary N) is 1. The number of methoxy groups -OCH3 is 2. The second kappa shape index (κ2) is 6.61. The van der Waals surface area contributed by atoms with Crippen molar-refractivity contribution in [1.82, 2.24) is 9.03 Å². The zero-order valence-corrected chi connectivity index (χ0v) is 14.8. The van der Waals surface area contributed by atoms with Crippen molar-refractivity contribution in [3.05, 3.63) is 83.7 Å². The predicted molar refractivity (Wildman–Crippen MR) is 103 cm³/mol. The first-order valence-electron chi connectivity index (χ1n) is 7.94. The van der Waals surface area contributed by atoms with Gasteiger partial charge in [0.1, 0.15) is 11.5 Å². The molecule has 0 saturated carbocycles. The number of hydrogen-bond donors (Lipinski definition) is 1. The van der Waals surface area contributed by atoms with Crippen LogP contribution in [-0.4, -0.2) is 18.5 Å². The molecule has 2 aromatic rings. The lowest BCUT2D eigenvalue weighted by Gasteiger charge is -2.27. The summed E-state index contributed by atoms with van der Waals surface area (Å²) >= 11 is 1.57. The lowest BCUT2D eigenvalue weighted by atomic mass is 9.98. The summed E-state index contributed by atoms with van der Waals surface area (Å²) in [7, 11) is 3.36. The summed E-state index contributed by atoms with van der Waals surface area (Å²) in [5, 5.41) is 0. The van der Waals surface area contributed by atoms with Crippen LogP contribution in [0.25, 0.3) is 11.3 Å². The molecule has 0 atom stereocenters. The van der Waals surface area contributed by atoms with Crippen LogP contribution in [0, 0.1) is 0 Å². The number of benzene rings is 2. The fourth-order valence-electron chi connectivity index (χ4n) is 2.91. The van der Waals surface area contributed by atoms with Crippen LogP contribution < -0.4 is 14.2 Å². The van der Waals surface area contributed by atoms with Crippen LogP contribution in [0.3, 0.4) is 0 Å². The van der Waals surface area contributed by atoms with Gasteiger partial charge in [-0.2, -0.15) is 0 Å². The summed E-state index contributed by atoms with van der Waals surface area (Å²) in [6.07, 6.45) is 6.35. The minimum Gasteiger partial charge on any atom is -0.497 e. The molecule has 4 nitrogen and oxygen atoms in total. The molecular formula is C20H18N2O2S. The summed E-state index contributed by atoms with van der Waals surface area (Å²) in [6, 6.07) is 16.3. The van der Waals surface area contributed by atoms with E-state index in [1.54, 1.807) is 26.4 Å². The molecule has 0 spiro atoms. The maximum absolute atomic E-state index is 5.25. The molecule has 2 heterocycles. The van der Waals surface area contributed by atoms with Crippen molar-refractivity contribution in [3.8, 4) is 11.5 Å². The van der Waals surface area contributed by atoms with Gasteiger partial charge < -0.3 is 14.2 Å². The second-order valence-electron chi connectivity index (χ2n) is 5.62. The standard InChI is InChI=1S/C20H18N2O2S/c1-23-16-7-3-14(4-8-16)18-11-12-19(22-20(18)13-21-25-22)15-5-9-17(24-2)10-6-15/h3-13,21H,1-2H3. The van der Waals surface area contributed by atoms with Gasteiger partial charge in [-0.25, -0.2) is 0 Å². The molecule has 126 valence electrons. The van der Waals surface area contributed by atoms with Gasteiger partial charge in [-0.3, -0.25) is 4.31 Å². The maximum Gasteiger partial charge on any atom is 0.118 e. The van der Waals surface area contributed by atoms with E-state index in [4.69, 9.17) is 9.47 Å². The van der Waals surface area contributed by atoms with Crippen LogP contribution >= 0.6 is 12.1 Å². The monoisotopic (exact) mass is 350 g/mol. The van der Waals surface area contributed by atoms with E-state index in [9.17, 15) is 0 Å². The average Bonchev–Trinajstić information content (AvgIpc) is 3.17. The van der Waals surface area contributed by atoms with Crippen molar-refractivity contribution >= 4 is 23.4 Å². The van der Waals surface area contributed by atoms with E-state index < -0.39 is 0 Å². The average molecular weight is 350 g/mol. The zero-order chi connectivity index (χ0) is 17.2. The highest BCUT2D eigenvalue weighted by molar-refractivity contribution is 7.95. The van der Waals surface area contributed by atoms with Gasteiger partial charge in [0.25, 0.3) is 0 Å². The van der Waals surface area contributed by atoms with Gasteiger partial charge >= 0.3 is 0 Å². The van der Waals surface area contributed by atoms with E-state index in [-0.39, 0.29) is 0 Å². The minimum atomic E-state index is 0.859. The molecule has 0 aliphatic carbocycles. The largest absolute Gasteiger partial charge is 0.497 e. The number of fused-ring (bicyclic) bond motifs is 1. The normalized spacial score (nSPS) is 15.6. The van der Waals surface area contributed by atoms with Gasteiger partial charge in [-0.15, -0.1) is 0 Å². The number of nitrogens with zero attached hydrogens (tertiary/aromatic N) is 1. The van der Waals surface area contributed by atoms with Crippen LogP contribution in [0.15, 0.2) is 72.6 Å². The first kappa shape index (κ1) is 15.7. The topological polar surface area (TPSA) is 33.7 Å². The van der Waals surface area contributed by atoms with Crippen LogP contribution in [0.1, 0.15) is 11.1 Å². The number of hydrogen-bond acceptors (Lipinski definition) is 5. The SMILES string of the molecule is COc1ccc(C2=CC=C(c3ccc(OC)cc3)N3SNC=C23)cc1. The minimum absolute atomic E-state index is 0.859.